The molecule has 0 saturated carbocycles. The normalized spacial score (nSPS) is 17.1. The summed E-state index contributed by atoms with van der Waals surface area (Å²) in [6.07, 6.45) is 1.55. The van der Waals surface area contributed by atoms with Crippen LogP contribution in [-0.2, 0) is 0 Å². The summed E-state index contributed by atoms with van der Waals surface area (Å²) in [4.78, 5) is 14.7. The maximum atomic E-state index is 10.8. The van der Waals surface area contributed by atoms with Gasteiger partial charge in [-0.25, -0.2) is 9.78 Å². The van der Waals surface area contributed by atoms with Crippen molar-refractivity contribution >= 4 is 5.97 Å². The molecule has 0 aliphatic carbocycles. The van der Waals surface area contributed by atoms with Crippen molar-refractivity contribution in [1.29, 1.82) is 0 Å². The first-order valence-electron chi connectivity index (χ1n) is 6.73. The summed E-state index contributed by atoms with van der Waals surface area (Å²) in [5.41, 5.74) is 1.78. The van der Waals surface area contributed by atoms with Crippen molar-refractivity contribution in [3.63, 3.8) is 0 Å². The highest BCUT2D eigenvalue weighted by Crippen LogP contribution is 2.34. The number of carboxylic acid groups (broad SMARTS) is 1. The molecule has 1 atom stereocenters. The van der Waals surface area contributed by atoms with Gasteiger partial charge in [0.15, 0.2) is 11.5 Å². The summed E-state index contributed by atoms with van der Waals surface area (Å²) >= 11 is 0. The van der Waals surface area contributed by atoms with Crippen LogP contribution in [0, 0.1) is 5.92 Å². The number of carbonyl (C=O) groups is 1. The molecule has 5 nitrogen and oxygen atoms in total. The fraction of sp³-hybridized carbons (Fsp3) is 0.250. The van der Waals surface area contributed by atoms with E-state index >= 15 is 0 Å². The molecule has 0 radical (unpaired) electrons. The lowest BCUT2D eigenvalue weighted by molar-refractivity contribution is 0.0690. The van der Waals surface area contributed by atoms with Gasteiger partial charge in [0.05, 0.1) is 13.2 Å². The zero-order valence-corrected chi connectivity index (χ0v) is 11.6. The molecular weight excluding hydrogens is 270 g/mol. The zero-order valence-electron chi connectivity index (χ0n) is 11.6. The third kappa shape index (κ3) is 2.81. The van der Waals surface area contributed by atoms with Crippen molar-refractivity contribution in [2.75, 3.05) is 13.2 Å². The minimum Gasteiger partial charge on any atom is -0.489 e. The standard InChI is InChI=1S/C16H15NO4/c1-10-8-20-14-5-3-11(6-15(14)21-9-10)12-2-4-13(16(18)19)17-7-12/h2-7,10H,8-9H2,1H3,(H,18,19). The predicted molar refractivity (Wildman–Crippen MR) is 76.8 cm³/mol. The molecule has 2 heterocycles. The highest BCUT2D eigenvalue weighted by atomic mass is 16.5. The van der Waals surface area contributed by atoms with E-state index in [4.69, 9.17) is 14.6 Å². The molecular formula is C16H15NO4. The molecule has 21 heavy (non-hydrogen) atoms. The third-order valence-corrected chi connectivity index (χ3v) is 3.31. The molecule has 1 N–H and O–H groups in total. The lowest BCUT2D eigenvalue weighted by Gasteiger charge is -2.09. The number of pyridine rings is 1. The van der Waals surface area contributed by atoms with Crippen molar-refractivity contribution < 1.29 is 19.4 Å². The highest BCUT2D eigenvalue weighted by Gasteiger charge is 2.15. The highest BCUT2D eigenvalue weighted by molar-refractivity contribution is 5.85. The Bertz CT molecular complexity index is 666. The minimum atomic E-state index is -1.03. The monoisotopic (exact) mass is 285 g/mol. The van der Waals surface area contributed by atoms with Gasteiger partial charge in [0.25, 0.3) is 0 Å². The van der Waals surface area contributed by atoms with Gasteiger partial charge in [0.2, 0.25) is 0 Å². The molecule has 0 spiro atoms. The Morgan fingerprint density at radius 1 is 1.14 bits per heavy atom. The van der Waals surface area contributed by atoms with Gasteiger partial charge >= 0.3 is 5.97 Å². The number of carboxylic acids is 1. The summed E-state index contributed by atoms with van der Waals surface area (Å²) in [5.74, 6) is 0.754. The van der Waals surface area contributed by atoms with E-state index in [0.717, 1.165) is 16.9 Å². The molecule has 1 aliphatic heterocycles. The van der Waals surface area contributed by atoms with E-state index in [1.54, 1.807) is 12.3 Å². The second kappa shape index (κ2) is 5.44. The van der Waals surface area contributed by atoms with E-state index < -0.39 is 5.97 Å². The fourth-order valence-electron chi connectivity index (χ4n) is 2.12. The zero-order chi connectivity index (χ0) is 14.8. The summed E-state index contributed by atoms with van der Waals surface area (Å²) in [5, 5.41) is 8.86. The molecule has 2 aromatic rings. The number of hydrogen-bond acceptors (Lipinski definition) is 4. The minimum absolute atomic E-state index is 0.0296. The van der Waals surface area contributed by atoms with Gasteiger partial charge in [-0.3, -0.25) is 0 Å². The summed E-state index contributed by atoms with van der Waals surface area (Å²) in [6, 6.07) is 8.90. The van der Waals surface area contributed by atoms with E-state index in [0.29, 0.717) is 24.9 Å². The van der Waals surface area contributed by atoms with Gasteiger partial charge in [0, 0.05) is 17.7 Å². The average molecular weight is 285 g/mol. The van der Waals surface area contributed by atoms with E-state index in [1.165, 1.54) is 6.07 Å². The van der Waals surface area contributed by atoms with Gasteiger partial charge in [-0.05, 0) is 23.8 Å². The Hall–Kier alpha value is -2.56. The van der Waals surface area contributed by atoms with Crippen molar-refractivity contribution in [3.05, 3.63) is 42.2 Å². The Balaban J connectivity index is 1.91. The molecule has 0 fully saturated rings. The van der Waals surface area contributed by atoms with Crippen LogP contribution >= 0.6 is 0 Å². The maximum absolute atomic E-state index is 10.8. The molecule has 0 amide bonds. The molecule has 1 aliphatic rings. The van der Waals surface area contributed by atoms with Gasteiger partial charge in [0.1, 0.15) is 5.69 Å². The van der Waals surface area contributed by atoms with Crippen LogP contribution in [0.1, 0.15) is 17.4 Å². The number of rotatable bonds is 2. The van der Waals surface area contributed by atoms with Crippen molar-refractivity contribution in [3.8, 4) is 22.6 Å². The molecule has 0 saturated heterocycles. The number of ether oxygens (including phenoxy) is 2. The van der Waals surface area contributed by atoms with Crippen LogP contribution < -0.4 is 9.47 Å². The summed E-state index contributed by atoms with van der Waals surface area (Å²) < 4.78 is 11.4. The van der Waals surface area contributed by atoms with E-state index in [9.17, 15) is 4.79 Å². The number of nitrogens with zero attached hydrogens (tertiary/aromatic N) is 1. The Morgan fingerprint density at radius 3 is 2.52 bits per heavy atom. The quantitative estimate of drug-likeness (QED) is 0.918. The molecule has 3 rings (SSSR count). The molecule has 0 bridgehead atoms. The molecule has 1 aromatic heterocycles. The topological polar surface area (TPSA) is 68.7 Å². The Labute approximate surface area is 122 Å². The first-order chi connectivity index (χ1) is 10.1. The number of benzene rings is 1. The Morgan fingerprint density at radius 2 is 1.86 bits per heavy atom. The molecule has 1 aromatic carbocycles. The lowest BCUT2D eigenvalue weighted by atomic mass is 10.1. The third-order valence-electron chi connectivity index (χ3n) is 3.31. The number of hydrogen-bond donors (Lipinski definition) is 1. The average Bonchev–Trinajstić information content (AvgIpc) is 2.69. The van der Waals surface area contributed by atoms with Crippen LogP contribution in [0.5, 0.6) is 11.5 Å². The van der Waals surface area contributed by atoms with Crippen LogP contribution in [0.15, 0.2) is 36.5 Å². The Kier molecular flexibility index (Phi) is 3.48. The van der Waals surface area contributed by atoms with Crippen LogP contribution in [0.3, 0.4) is 0 Å². The van der Waals surface area contributed by atoms with Crippen LogP contribution in [0.2, 0.25) is 0 Å². The predicted octanol–water partition coefficient (Wildman–Crippen LogP) is 2.85. The number of aromatic carboxylic acids is 1. The molecule has 5 heteroatoms. The smallest absolute Gasteiger partial charge is 0.354 e. The van der Waals surface area contributed by atoms with E-state index in [-0.39, 0.29) is 5.69 Å². The second-order valence-corrected chi connectivity index (χ2v) is 5.13. The van der Waals surface area contributed by atoms with Gasteiger partial charge in [-0.15, -0.1) is 0 Å². The molecule has 1 unspecified atom stereocenters. The first-order valence-corrected chi connectivity index (χ1v) is 6.73. The van der Waals surface area contributed by atoms with E-state index in [1.807, 2.05) is 18.2 Å². The van der Waals surface area contributed by atoms with Crippen molar-refractivity contribution in [2.24, 2.45) is 5.92 Å². The van der Waals surface area contributed by atoms with Gasteiger partial charge in [-0.2, -0.15) is 0 Å². The molecule has 108 valence electrons. The van der Waals surface area contributed by atoms with Crippen molar-refractivity contribution in [1.82, 2.24) is 4.98 Å². The lowest BCUT2D eigenvalue weighted by Crippen LogP contribution is -2.12. The maximum Gasteiger partial charge on any atom is 0.354 e. The largest absolute Gasteiger partial charge is 0.489 e. The fourth-order valence-corrected chi connectivity index (χ4v) is 2.12. The van der Waals surface area contributed by atoms with Gasteiger partial charge in [-0.1, -0.05) is 19.1 Å². The van der Waals surface area contributed by atoms with Crippen LogP contribution in [0.4, 0.5) is 0 Å². The number of aromatic nitrogens is 1. The second-order valence-electron chi connectivity index (χ2n) is 5.13. The van der Waals surface area contributed by atoms with Crippen LogP contribution in [-0.4, -0.2) is 29.3 Å². The van der Waals surface area contributed by atoms with Crippen LogP contribution in [0.25, 0.3) is 11.1 Å². The summed E-state index contributed by atoms with van der Waals surface area (Å²) in [6.45, 7) is 3.33. The van der Waals surface area contributed by atoms with E-state index in [2.05, 4.69) is 11.9 Å². The first kappa shape index (κ1) is 13.4. The SMILES string of the molecule is CC1COc2ccc(-c3ccc(C(=O)O)nc3)cc2OC1. The summed E-state index contributed by atoms with van der Waals surface area (Å²) in [7, 11) is 0. The number of fused-ring (bicyclic) bond motifs is 1. The van der Waals surface area contributed by atoms with Gasteiger partial charge < -0.3 is 14.6 Å². The van der Waals surface area contributed by atoms with Crippen molar-refractivity contribution in [2.45, 2.75) is 6.92 Å².